The maximum Gasteiger partial charge on any atom is 0.281 e. The number of benzene rings is 1. The van der Waals surface area contributed by atoms with Crippen LogP contribution in [-0.4, -0.2) is 43.2 Å². The Morgan fingerprint density at radius 2 is 2.17 bits per heavy atom. The van der Waals surface area contributed by atoms with Crippen LogP contribution in [0.3, 0.4) is 0 Å². The molecule has 3 rings (SSSR count). The van der Waals surface area contributed by atoms with E-state index >= 15 is 0 Å². The van der Waals surface area contributed by atoms with Crippen molar-refractivity contribution >= 4 is 17.7 Å². The molecular weight excluding hydrogens is 296 g/mol. The molecule has 2 heterocycles. The van der Waals surface area contributed by atoms with E-state index in [-0.39, 0.29) is 18.4 Å². The predicted octanol–water partition coefficient (Wildman–Crippen LogP) is -0.397. The van der Waals surface area contributed by atoms with Crippen LogP contribution in [0.1, 0.15) is 5.56 Å². The van der Waals surface area contributed by atoms with Crippen LogP contribution in [0.2, 0.25) is 0 Å². The SMILES string of the molecule is Cc1ccc(-c2cc(NC(=O)C[NH+]3CCNC(=O)C3)on2)cc1. The molecule has 1 fully saturated rings. The molecule has 0 bridgehead atoms. The van der Waals surface area contributed by atoms with Crippen molar-refractivity contribution in [3.8, 4) is 11.3 Å². The molecular formula is C16H19N4O3+. The standard InChI is InChI=1S/C16H18N4O3/c1-11-2-4-12(5-3-11)13-8-16(23-19-13)18-15(22)10-20-7-6-17-14(21)9-20/h2-5,8H,6-7,9-10H2,1H3,(H,17,21)(H,18,22)/p+1. The van der Waals surface area contributed by atoms with Gasteiger partial charge in [-0.05, 0) is 6.92 Å². The number of nitrogens with zero attached hydrogens (tertiary/aromatic N) is 1. The van der Waals surface area contributed by atoms with Gasteiger partial charge in [-0.3, -0.25) is 14.9 Å². The first-order valence-corrected chi connectivity index (χ1v) is 7.54. The highest BCUT2D eigenvalue weighted by molar-refractivity contribution is 5.90. The number of aryl methyl sites for hydroxylation is 1. The molecule has 7 nitrogen and oxygen atoms in total. The van der Waals surface area contributed by atoms with Crippen LogP contribution in [0.5, 0.6) is 0 Å². The minimum Gasteiger partial charge on any atom is -0.346 e. The van der Waals surface area contributed by atoms with Gasteiger partial charge in [0.15, 0.2) is 13.1 Å². The Morgan fingerprint density at radius 1 is 1.39 bits per heavy atom. The fourth-order valence-electron chi connectivity index (χ4n) is 2.51. The summed E-state index contributed by atoms with van der Waals surface area (Å²) < 4.78 is 5.16. The third-order valence-corrected chi connectivity index (χ3v) is 3.74. The van der Waals surface area contributed by atoms with Crippen LogP contribution in [0.4, 0.5) is 5.88 Å². The minimum absolute atomic E-state index is 0.0274. The van der Waals surface area contributed by atoms with Crippen molar-refractivity contribution < 1.29 is 19.0 Å². The summed E-state index contributed by atoms with van der Waals surface area (Å²) in [6.07, 6.45) is 0. The van der Waals surface area contributed by atoms with Crippen molar-refractivity contribution in [2.45, 2.75) is 6.92 Å². The lowest BCUT2D eigenvalue weighted by Gasteiger charge is -2.22. The van der Waals surface area contributed by atoms with Gasteiger partial charge in [0.05, 0.1) is 13.1 Å². The van der Waals surface area contributed by atoms with Gasteiger partial charge in [0.1, 0.15) is 5.69 Å². The van der Waals surface area contributed by atoms with Gasteiger partial charge >= 0.3 is 0 Å². The summed E-state index contributed by atoms with van der Waals surface area (Å²) in [6, 6.07) is 9.59. The molecule has 2 aromatic rings. The van der Waals surface area contributed by atoms with Crippen LogP contribution in [-0.2, 0) is 9.59 Å². The van der Waals surface area contributed by atoms with Gasteiger partial charge in [-0.15, -0.1) is 0 Å². The Hall–Kier alpha value is -2.67. The van der Waals surface area contributed by atoms with Crippen molar-refractivity contribution in [2.75, 3.05) is 31.5 Å². The topological polar surface area (TPSA) is 88.7 Å². The highest BCUT2D eigenvalue weighted by atomic mass is 16.5. The fourth-order valence-corrected chi connectivity index (χ4v) is 2.51. The maximum absolute atomic E-state index is 12.0. The highest BCUT2D eigenvalue weighted by Crippen LogP contribution is 2.21. The summed E-state index contributed by atoms with van der Waals surface area (Å²) in [4.78, 5) is 24.3. The van der Waals surface area contributed by atoms with E-state index in [1.165, 1.54) is 5.56 Å². The van der Waals surface area contributed by atoms with Crippen LogP contribution < -0.4 is 15.5 Å². The average Bonchev–Trinajstić information content (AvgIpc) is 2.96. The van der Waals surface area contributed by atoms with Gasteiger partial charge < -0.3 is 14.7 Å². The number of quaternary nitrogens is 1. The zero-order valence-corrected chi connectivity index (χ0v) is 12.9. The van der Waals surface area contributed by atoms with Crippen LogP contribution in [0, 0.1) is 6.92 Å². The third-order valence-electron chi connectivity index (χ3n) is 3.74. The molecule has 0 radical (unpaired) electrons. The van der Waals surface area contributed by atoms with E-state index in [0.717, 1.165) is 17.0 Å². The van der Waals surface area contributed by atoms with Gasteiger partial charge in [0, 0.05) is 11.6 Å². The number of amides is 2. The predicted molar refractivity (Wildman–Crippen MR) is 83.9 cm³/mol. The fraction of sp³-hybridized carbons (Fsp3) is 0.312. The van der Waals surface area contributed by atoms with E-state index in [9.17, 15) is 9.59 Å². The van der Waals surface area contributed by atoms with Crippen LogP contribution in [0.25, 0.3) is 11.3 Å². The highest BCUT2D eigenvalue weighted by Gasteiger charge is 2.22. The zero-order valence-electron chi connectivity index (χ0n) is 12.9. The van der Waals surface area contributed by atoms with E-state index in [1.807, 2.05) is 31.2 Å². The number of rotatable bonds is 4. The number of piperazine rings is 1. The van der Waals surface area contributed by atoms with E-state index in [0.29, 0.717) is 24.7 Å². The molecule has 7 heteroatoms. The number of aromatic nitrogens is 1. The zero-order chi connectivity index (χ0) is 16.2. The number of anilines is 1. The molecule has 1 saturated heterocycles. The molecule has 1 unspecified atom stereocenters. The number of hydrogen-bond donors (Lipinski definition) is 3. The Morgan fingerprint density at radius 3 is 2.91 bits per heavy atom. The largest absolute Gasteiger partial charge is 0.346 e. The average molecular weight is 315 g/mol. The van der Waals surface area contributed by atoms with E-state index in [2.05, 4.69) is 15.8 Å². The summed E-state index contributed by atoms with van der Waals surface area (Å²) in [7, 11) is 0. The first-order valence-electron chi connectivity index (χ1n) is 7.54. The Bertz CT molecular complexity index is 708. The van der Waals surface area contributed by atoms with Crippen molar-refractivity contribution in [1.82, 2.24) is 10.5 Å². The van der Waals surface area contributed by atoms with Gasteiger partial charge in [-0.1, -0.05) is 35.0 Å². The van der Waals surface area contributed by atoms with Gasteiger partial charge in [-0.2, -0.15) is 0 Å². The van der Waals surface area contributed by atoms with Crippen LogP contribution >= 0.6 is 0 Å². The molecule has 120 valence electrons. The smallest absolute Gasteiger partial charge is 0.281 e. The summed E-state index contributed by atoms with van der Waals surface area (Å²) in [5, 5.41) is 9.39. The molecule has 0 aliphatic carbocycles. The van der Waals surface area contributed by atoms with Crippen molar-refractivity contribution in [3.05, 3.63) is 35.9 Å². The van der Waals surface area contributed by atoms with Gasteiger partial charge in [-0.25, -0.2) is 0 Å². The van der Waals surface area contributed by atoms with E-state index in [4.69, 9.17) is 4.52 Å². The lowest BCUT2D eigenvalue weighted by Crippen LogP contribution is -3.16. The van der Waals surface area contributed by atoms with Gasteiger partial charge in [0.25, 0.3) is 11.8 Å². The summed E-state index contributed by atoms with van der Waals surface area (Å²) in [5.74, 6) is 0.0908. The molecule has 23 heavy (non-hydrogen) atoms. The molecule has 1 aromatic carbocycles. The second kappa shape index (κ2) is 6.62. The summed E-state index contributed by atoms with van der Waals surface area (Å²) >= 11 is 0. The summed E-state index contributed by atoms with van der Waals surface area (Å²) in [5.41, 5.74) is 2.77. The third kappa shape index (κ3) is 3.95. The molecule has 1 aromatic heterocycles. The Kier molecular flexibility index (Phi) is 4.38. The number of hydrogen-bond acceptors (Lipinski definition) is 4. The normalized spacial score (nSPS) is 17.6. The Balaban J connectivity index is 1.59. The molecule has 0 spiro atoms. The number of carbonyl (C=O) groups excluding carboxylic acids is 2. The van der Waals surface area contributed by atoms with Crippen molar-refractivity contribution in [1.29, 1.82) is 0 Å². The van der Waals surface area contributed by atoms with E-state index < -0.39 is 0 Å². The second-order valence-electron chi connectivity index (χ2n) is 5.69. The Labute approximate surface area is 133 Å². The van der Waals surface area contributed by atoms with Crippen LogP contribution in [0.15, 0.2) is 34.9 Å². The van der Waals surface area contributed by atoms with E-state index in [1.54, 1.807) is 6.07 Å². The molecule has 1 aliphatic heterocycles. The molecule has 3 N–H and O–H groups in total. The number of nitrogens with one attached hydrogen (secondary N) is 3. The molecule has 1 atom stereocenters. The van der Waals surface area contributed by atoms with Crippen molar-refractivity contribution in [2.24, 2.45) is 0 Å². The lowest BCUT2D eigenvalue weighted by atomic mass is 10.1. The molecule has 0 saturated carbocycles. The van der Waals surface area contributed by atoms with Gasteiger partial charge in [0.2, 0.25) is 5.88 Å². The molecule has 1 aliphatic rings. The second-order valence-corrected chi connectivity index (χ2v) is 5.69. The first kappa shape index (κ1) is 15.2. The number of carbonyl (C=O) groups is 2. The first-order chi connectivity index (χ1) is 11.1. The maximum atomic E-state index is 12.0. The minimum atomic E-state index is -0.193. The molecule has 2 amide bonds. The summed E-state index contributed by atoms with van der Waals surface area (Å²) in [6.45, 7) is 3.90. The van der Waals surface area contributed by atoms with Crippen molar-refractivity contribution in [3.63, 3.8) is 0 Å². The lowest BCUT2D eigenvalue weighted by molar-refractivity contribution is -0.885. The quantitative estimate of drug-likeness (QED) is 0.716. The monoisotopic (exact) mass is 315 g/mol.